The smallest absolute Gasteiger partial charge is 0.258 e. The van der Waals surface area contributed by atoms with Crippen molar-refractivity contribution >= 4 is 5.91 Å². The number of carbonyl (C=O) groups excluding carboxylic acids is 1. The lowest BCUT2D eigenvalue weighted by molar-refractivity contribution is 0.0332. The first kappa shape index (κ1) is 18.3. The lowest BCUT2D eigenvalue weighted by Crippen LogP contribution is -2.43. The molecule has 1 heterocycles. The minimum atomic E-state index is -1.10. The van der Waals surface area contributed by atoms with Crippen LogP contribution in [0.25, 0.3) is 0 Å². The van der Waals surface area contributed by atoms with Crippen LogP contribution in [0.4, 0.5) is 8.78 Å². The Morgan fingerprint density at radius 1 is 1.19 bits per heavy atom. The lowest BCUT2D eigenvalue weighted by atomic mass is 10.0. The van der Waals surface area contributed by atoms with E-state index in [0.717, 1.165) is 24.7 Å². The van der Waals surface area contributed by atoms with Crippen molar-refractivity contribution in [1.82, 2.24) is 10.2 Å². The average Bonchev–Trinajstić information content (AvgIpc) is 2.62. The van der Waals surface area contributed by atoms with Crippen LogP contribution >= 0.6 is 0 Å². The van der Waals surface area contributed by atoms with E-state index in [1.807, 2.05) is 30.3 Å². The fraction of sp³-hybridized carbons (Fsp3) is 0.316. The summed E-state index contributed by atoms with van der Waals surface area (Å²) in [6.45, 7) is 3.21. The van der Waals surface area contributed by atoms with Crippen molar-refractivity contribution in [2.45, 2.75) is 6.04 Å². The number of morpholine rings is 1. The molecule has 1 atom stereocenters. The third kappa shape index (κ3) is 4.36. The molecule has 5 nitrogen and oxygen atoms in total. The van der Waals surface area contributed by atoms with Gasteiger partial charge in [-0.15, -0.1) is 0 Å². The molecule has 1 saturated heterocycles. The molecule has 0 aromatic heterocycles. The molecule has 2 aromatic rings. The summed E-state index contributed by atoms with van der Waals surface area (Å²) in [5, 5.41) is 12.5. The molecule has 2 N–H and O–H groups in total. The zero-order valence-corrected chi connectivity index (χ0v) is 14.1. The Kier molecular flexibility index (Phi) is 5.80. The minimum Gasteiger partial charge on any atom is -0.507 e. The molecular weight excluding hydrogens is 342 g/mol. The van der Waals surface area contributed by atoms with Crippen LogP contribution in [-0.4, -0.2) is 48.8 Å². The van der Waals surface area contributed by atoms with Gasteiger partial charge in [0.2, 0.25) is 0 Å². The number of hydrogen-bond acceptors (Lipinski definition) is 4. The second-order valence-electron chi connectivity index (χ2n) is 6.13. The SMILES string of the molecule is O=C(N[C@@H](CN1CCOCC1)c1ccccc1)c1c(O)cc(F)cc1F. The Morgan fingerprint density at radius 3 is 2.54 bits per heavy atom. The van der Waals surface area contributed by atoms with Gasteiger partial charge in [-0.25, -0.2) is 8.78 Å². The Hall–Kier alpha value is -2.51. The summed E-state index contributed by atoms with van der Waals surface area (Å²) in [5.41, 5.74) is 0.295. The van der Waals surface area contributed by atoms with Gasteiger partial charge >= 0.3 is 0 Å². The van der Waals surface area contributed by atoms with Crippen LogP contribution in [0, 0.1) is 11.6 Å². The molecule has 1 fully saturated rings. The first-order chi connectivity index (χ1) is 12.5. The molecule has 0 radical (unpaired) electrons. The number of nitrogens with zero attached hydrogens (tertiary/aromatic N) is 1. The summed E-state index contributed by atoms with van der Waals surface area (Å²) in [7, 11) is 0. The van der Waals surface area contributed by atoms with Crippen molar-refractivity contribution in [1.29, 1.82) is 0 Å². The lowest BCUT2D eigenvalue weighted by Gasteiger charge is -2.31. The fourth-order valence-corrected chi connectivity index (χ4v) is 2.98. The van der Waals surface area contributed by atoms with E-state index in [9.17, 15) is 18.7 Å². The molecule has 1 amide bonds. The summed E-state index contributed by atoms with van der Waals surface area (Å²) < 4.78 is 32.5. The van der Waals surface area contributed by atoms with Gasteiger partial charge in [0, 0.05) is 31.8 Å². The van der Waals surface area contributed by atoms with E-state index < -0.39 is 34.9 Å². The molecule has 1 aliphatic heterocycles. The van der Waals surface area contributed by atoms with E-state index in [0.29, 0.717) is 25.8 Å². The number of ether oxygens (including phenoxy) is 1. The second-order valence-corrected chi connectivity index (χ2v) is 6.13. The van der Waals surface area contributed by atoms with Crippen LogP contribution in [0.15, 0.2) is 42.5 Å². The number of phenolic OH excluding ortho intramolecular Hbond substituents is 1. The zero-order chi connectivity index (χ0) is 18.5. The Labute approximate surface area is 150 Å². The number of benzene rings is 2. The molecule has 7 heteroatoms. The topological polar surface area (TPSA) is 61.8 Å². The van der Waals surface area contributed by atoms with Gasteiger partial charge in [0.05, 0.1) is 19.3 Å². The highest BCUT2D eigenvalue weighted by atomic mass is 19.1. The molecule has 1 aliphatic rings. The number of phenols is 1. The predicted octanol–water partition coefficient (Wildman–Crippen LogP) is 2.47. The largest absolute Gasteiger partial charge is 0.507 e. The third-order valence-corrected chi connectivity index (χ3v) is 4.31. The molecule has 0 saturated carbocycles. The van der Waals surface area contributed by atoms with Crippen LogP contribution in [0.5, 0.6) is 5.75 Å². The Bertz CT molecular complexity index is 742. The van der Waals surface area contributed by atoms with E-state index >= 15 is 0 Å². The number of amides is 1. The van der Waals surface area contributed by atoms with Crippen molar-refractivity contribution < 1.29 is 23.4 Å². The van der Waals surface area contributed by atoms with Gasteiger partial charge in [0.25, 0.3) is 5.91 Å². The van der Waals surface area contributed by atoms with Crippen LogP contribution < -0.4 is 5.32 Å². The minimum absolute atomic E-state index is 0.411. The molecule has 138 valence electrons. The van der Waals surface area contributed by atoms with Crippen LogP contribution in [0.1, 0.15) is 22.0 Å². The van der Waals surface area contributed by atoms with Gasteiger partial charge in [-0.3, -0.25) is 9.69 Å². The normalized spacial score (nSPS) is 16.2. The third-order valence-electron chi connectivity index (χ3n) is 4.31. The van der Waals surface area contributed by atoms with Crippen molar-refractivity contribution in [2.75, 3.05) is 32.8 Å². The van der Waals surface area contributed by atoms with Crippen molar-refractivity contribution in [2.24, 2.45) is 0 Å². The van der Waals surface area contributed by atoms with Crippen molar-refractivity contribution in [3.63, 3.8) is 0 Å². The first-order valence-electron chi connectivity index (χ1n) is 8.38. The van der Waals surface area contributed by atoms with Crippen molar-refractivity contribution in [3.8, 4) is 5.75 Å². The molecule has 2 aromatic carbocycles. The van der Waals surface area contributed by atoms with Crippen LogP contribution in [0.2, 0.25) is 0 Å². The van der Waals surface area contributed by atoms with Gasteiger partial charge in [0.15, 0.2) is 0 Å². The average molecular weight is 362 g/mol. The van der Waals surface area contributed by atoms with E-state index in [1.165, 1.54) is 0 Å². The van der Waals surface area contributed by atoms with E-state index in [2.05, 4.69) is 10.2 Å². The van der Waals surface area contributed by atoms with Crippen LogP contribution in [0.3, 0.4) is 0 Å². The fourth-order valence-electron chi connectivity index (χ4n) is 2.98. The van der Waals surface area contributed by atoms with E-state index in [1.54, 1.807) is 0 Å². The molecule has 0 aliphatic carbocycles. The maximum absolute atomic E-state index is 14.0. The zero-order valence-electron chi connectivity index (χ0n) is 14.1. The molecule has 0 bridgehead atoms. The monoisotopic (exact) mass is 362 g/mol. The van der Waals surface area contributed by atoms with E-state index in [-0.39, 0.29) is 0 Å². The second kappa shape index (κ2) is 8.25. The molecule has 26 heavy (non-hydrogen) atoms. The molecular formula is C19H20F2N2O3. The molecule has 0 unspecified atom stereocenters. The van der Waals surface area contributed by atoms with E-state index in [4.69, 9.17) is 4.74 Å². The number of carbonyl (C=O) groups is 1. The standard InChI is InChI=1S/C19H20F2N2O3/c20-14-10-15(21)18(17(24)11-14)19(25)22-16(13-4-2-1-3-5-13)12-23-6-8-26-9-7-23/h1-5,10-11,16,24H,6-9,12H2,(H,22,25)/t16-/m0/s1. The Balaban J connectivity index is 1.82. The highest BCUT2D eigenvalue weighted by molar-refractivity contribution is 5.97. The number of aromatic hydroxyl groups is 1. The Morgan fingerprint density at radius 2 is 1.88 bits per heavy atom. The number of rotatable bonds is 5. The van der Waals surface area contributed by atoms with Gasteiger partial charge in [-0.1, -0.05) is 30.3 Å². The number of hydrogen-bond donors (Lipinski definition) is 2. The number of halogens is 2. The summed E-state index contributed by atoms with van der Waals surface area (Å²) in [6, 6.07) is 10.2. The van der Waals surface area contributed by atoms with Gasteiger partial charge < -0.3 is 15.2 Å². The highest BCUT2D eigenvalue weighted by Crippen LogP contribution is 2.24. The summed E-state index contributed by atoms with van der Waals surface area (Å²) >= 11 is 0. The summed E-state index contributed by atoms with van der Waals surface area (Å²) in [5.74, 6) is -3.55. The van der Waals surface area contributed by atoms with Gasteiger partial charge in [-0.05, 0) is 5.56 Å². The summed E-state index contributed by atoms with van der Waals surface area (Å²) in [6.07, 6.45) is 0. The quantitative estimate of drug-likeness (QED) is 0.858. The predicted molar refractivity (Wildman–Crippen MR) is 91.9 cm³/mol. The van der Waals surface area contributed by atoms with Crippen LogP contribution in [-0.2, 0) is 4.74 Å². The maximum atomic E-state index is 14.0. The highest BCUT2D eigenvalue weighted by Gasteiger charge is 2.24. The number of nitrogens with one attached hydrogen (secondary N) is 1. The van der Waals surface area contributed by atoms with Gasteiger partial charge in [0.1, 0.15) is 22.9 Å². The van der Waals surface area contributed by atoms with Crippen molar-refractivity contribution in [3.05, 3.63) is 65.2 Å². The first-order valence-corrected chi connectivity index (χ1v) is 8.38. The molecule has 3 rings (SSSR count). The summed E-state index contributed by atoms with van der Waals surface area (Å²) in [4.78, 5) is 14.7. The van der Waals surface area contributed by atoms with Gasteiger partial charge in [-0.2, -0.15) is 0 Å². The maximum Gasteiger partial charge on any atom is 0.258 e. The molecule has 0 spiro atoms.